The van der Waals surface area contributed by atoms with Gasteiger partial charge in [-0.15, -0.1) is 0 Å². The van der Waals surface area contributed by atoms with Crippen LogP contribution >= 0.6 is 0 Å². The number of rotatable bonds is 7. The molecule has 0 aliphatic rings. The van der Waals surface area contributed by atoms with Gasteiger partial charge in [-0.25, -0.2) is 9.78 Å². The van der Waals surface area contributed by atoms with Crippen molar-refractivity contribution in [2.75, 3.05) is 18.5 Å². The minimum Gasteiger partial charge on any atom is -0.466 e. The number of ether oxygens (including phenoxy) is 2. The molecule has 0 saturated heterocycles. The van der Waals surface area contributed by atoms with E-state index in [1.165, 1.54) is 6.20 Å². The lowest BCUT2D eigenvalue weighted by molar-refractivity contribution is -0.145. The highest BCUT2D eigenvalue weighted by molar-refractivity contribution is 5.94. The number of nitrogens with zero attached hydrogens (tertiary/aromatic N) is 1. The summed E-state index contributed by atoms with van der Waals surface area (Å²) in [6.07, 6.45) is 2.88. The number of esters is 2. The molecule has 0 fully saturated rings. The van der Waals surface area contributed by atoms with Crippen molar-refractivity contribution in [2.45, 2.75) is 20.3 Å². The molecule has 6 heteroatoms. The summed E-state index contributed by atoms with van der Waals surface area (Å²) in [5.41, 5.74) is 0.191. The zero-order chi connectivity index (χ0) is 14.8. The fraction of sp³-hybridized carbons (Fsp3) is 0.357. The van der Waals surface area contributed by atoms with Crippen LogP contribution in [0, 0.1) is 0 Å². The number of nitrogens with one attached hydrogen (secondary N) is 1. The van der Waals surface area contributed by atoms with Crippen molar-refractivity contribution >= 4 is 17.8 Å². The second kappa shape index (κ2) is 8.68. The molecule has 0 amide bonds. The van der Waals surface area contributed by atoms with Gasteiger partial charge in [-0.2, -0.15) is 0 Å². The summed E-state index contributed by atoms with van der Waals surface area (Å²) < 4.78 is 9.72. The zero-order valence-corrected chi connectivity index (χ0v) is 11.6. The number of pyridine rings is 1. The van der Waals surface area contributed by atoms with Gasteiger partial charge in [0.25, 0.3) is 0 Å². The molecule has 0 radical (unpaired) electrons. The summed E-state index contributed by atoms with van der Waals surface area (Å²) in [6, 6.07) is 5.32. The number of aromatic nitrogens is 1. The number of anilines is 1. The molecule has 0 aromatic carbocycles. The predicted molar refractivity (Wildman–Crippen MR) is 73.8 cm³/mol. The molecule has 1 aromatic heterocycles. The predicted octanol–water partition coefficient (Wildman–Crippen LogP) is 1.89. The van der Waals surface area contributed by atoms with Crippen LogP contribution in [-0.4, -0.2) is 30.1 Å². The maximum Gasteiger partial charge on any atom is 0.336 e. The van der Waals surface area contributed by atoms with E-state index in [9.17, 15) is 9.59 Å². The van der Waals surface area contributed by atoms with Gasteiger partial charge in [0.15, 0.2) is 0 Å². The Bertz CT molecular complexity index is 471. The Balaban J connectivity index is 2.75. The molecule has 0 atom stereocenters. The van der Waals surface area contributed by atoms with Gasteiger partial charge in [0.1, 0.15) is 5.82 Å². The van der Waals surface area contributed by atoms with Gasteiger partial charge < -0.3 is 14.8 Å². The van der Waals surface area contributed by atoms with E-state index in [1.54, 1.807) is 38.2 Å². The lowest BCUT2D eigenvalue weighted by Crippen LogP contribution is -2.15. The molecule has 0 aliphatic heterocycles. The Labute approximate surface area is 117 Å². The molecule has 1 rings (SSSR count). The lowest BCUT2D eigenvalue weighted by atomic mass is 10.2. The first-order valence-electron chi connectivity index (χ1n) is 6.36. The van der Waals surface area contributed by atoms with Crippen molar-refractivity contribution in [3.63, 3.8) is 0 Å². The molecule has 0 unspecified atom stereocenters. The van der Waals surface area contributed by atoms with Gasteiger partial charge in [-0.1, -0.05) is 6.07 Å². The summed E-state index contributed by atoms with van der Waals surface area (Å²) in [5, 5.41) is 2.85. The monoisotopic (exact) mass is 278 g/mol. The highest BCUT2D eigenvalue weighted by Gasteiger charge is 2.15. The van der Waals surface area contributed by atoms with Crippen LogP contribution in [0.4, 0.5) is 5.82 Å². The van der Waals surface area contributed by atoms with Crippen LogP contribution in [-0.2, 0) is 19.1 Å². The number of carbonyl (C=O) groups excluding carboxylic acids is 2. The molecule has 1 aromatic rings. The number of hydrogen-bond donors (Lipinski definition) is 1. The van der Waals surface area contributed by atoms with Crippen molar-refractivity contribution in [3.05, 3.63) is 36.2 Å². The van der Waals surface area contributed by atoms with E-state index in [1.807, 2.05) is 0 Å². The van der Waals surface area contributed by atoms with Crippen molar-refractivity contribution in [1.29, 1.82) is 0 Å². The lowest BCUT2D eigenvalue weighted by Gasteiger charge is -2.07. The molecule has 20 heavy (non-hydrogen) atoms. The second-order valence-corrected chi connectivity index (χ2v) is 3.73. The fourth-order valence-electron chi connectivity index (χ4n) is 1.38. The van der Waals surface area contributed by atoms with E-state index in [4.69, 9.17) is 9.47 Å². The van der Waals surface area contributed by atoms with Gasteiger partial charge in [0.05, 0.1) is 25.2 Å². The van der Waals surface area contributed by atoms with Crippen LogP contribution in [0.2, 0.25) is 0 Å². The summed E-state index contributed by atoms with van der Waals surface area (Å²) in [5.74, 6) is -0.461. The van der Waals surface area contributed by atoms with Gasteiger partial charge in [0, 0.05) is 12.4 Å². The zero-order valence-electron chi connectivity index (χ0n) is 11.6. The molecule has 108 valence electrons. The van der Waals surface area contributed by atoms with Gasteiger partial charge >= 0.3 is 11.9 Å². The Morgan fingerprint density at radius 3 is 2.60 bits per heavy atom. The highest BCUT2D eigenvalue weighted by atomic mass is 16.5. The van der Waals surface area contributed by atoms with E-state index in [0.29, 0.717) is 5.82 Å². The topological polar surface area (TPSA) is 77.5 Å². The first-order valence-corrected chi connectivity index (χ1v) is 6.36. The summed E-state index contributed by atoms with van der Waals surface area (Å²) in [7, 11) is 0. The second-order valence-electron chi connectivity index (χ2n) is 3.73. The van der Waals surface area contributed by atoms with E-state index in [2.05, 4.69) is 10.3 Å². The van der Waals surface area contributed by atoms with Gasteiger partial charge in [0.2, 0.25) is 0 Å². The van der Waals surface area contributed by atoms with Crippen LogP contribution in [0.3, 0.4) is 0 Å². The fourth-order valence-corrected chi connectivity index (χ4v) is 1.38. The van der Waals surface area contributed by atoms with Crippen molar-refractivity contribution < 1.29 is 19.1 Å². The summed E-state index contributed by atoms with van der Waals surface area (Å²) in [4.78, 5) is 27.3. The Morgan fingerprint density at radius 2 is 2.00 bits per heavy atom. The quantitative estimate of drug-likeness (QED) is 0.606. The summed E-state index contributed by atoms with van der Waals surface area (Å²) in [6.45, 7) is 3.91. The van der Waals surface area contributed by atoms with Crippen LogP contribution < -0.4 is 5.32 Å². The molecule has 1 heterocycles. The average Bonchev–Trinajstić information content (AvgIpc) is 2.45. The first kappa shape index (κ1) is 15.7. The van der Waals surface area contributed by atoms with Crippen molar-refractivity contribution in [3.8, 4) is 0 Å². The van der Waals surface area contributed by atoms with E-state index in [-0.39, 0.29) is 25.2 Å². The standard InChI is InChI=1S/C14H18N2O4/c1-3-19-13(17)9-11(14(18)20-4-2)10-16-12-7-5-6-8-15-12/h5-8,10H,3-4,9H2,1-2H3,(H,15,16)/b11-10-. The number of hydrogen-bond acceptors (Lipinski definition) is 6. The van der Waals surface area contributed by atoms with Crippen molar-refractivity contribution in [1.82, 2.24) is 4.98 Å². The van der Waals surface area contributed by atoms with Crippen LogP contribution in [0.25, 0.3) is 0 Å². The number of carbonyl (C=O) groups is 2. The van der Waals surface area contributed by atoms with E-state index < -0.39 is 11.9 Å². The Morgan fingerprint density at radius 1 is 1.25 bits per heavy atom. The van der Waals surface area contributed by atoms with E-state index in [0.717, 1.165) is 0 Å². The molecule has 6 nitrogen and oxygen atoms in total. The molecule has 0 saturated carbocycles. The Kier molecular flexibility index (Phi) is 6.81. The van der Waals surface area contributed by atoms with Crippen LogP contribution in [0.5, 0.6) is 0 Å². The highest BCUT2D eigenvalue weighted by Crippen LogP contribution is 2.08. The first-order chi connectivity index (χ1) is 9.67. The van der Waals surface area contributed by atoms with Crippen LogP contribution in [0.15, 0.2) is 36.2 Å². The molecule has 0 bridgehead atoms. The van der Waals surface area contributed by atoms with Gasteiger partial charge in [-0.05, 0) is 26.0 Å². The van der Waals surface area contributed by atoms with E-state index >= 15 is 0 Å². The maximum atomic E-state index is 11.7. The molecule has 1 N–H and O–H groups in total. The smallest absolute Gasteiger partial charge is 0.336 e. The van der Waals surface area contributed by atoms with Crippen LogP contribution in [0.1, 0.15) is 20.3 Å². The Hall–Kier alpha value is -2.37. The SMILES string of the molecule is CCOC(=O)C/C(=C/Nc1ccccn1)C(=O)OCC. The average molecular weight is 278 g/mol. The molecule has 0 spiro atoms. The normalized spacial score (nSPS) is 10.8. The minimum absolute atomic E-state index is 0.146. The molecular weight excluding hydrogens is 260 g/mol. The minimum atomic E-state index is -0.552. The third-order valence-electron chi connectivity index (χ3n) is 2.24. The maximum absolute atomic E-state index is 11.7. The largest absolute Gasteiger partial charge is 0.466 e. The third kappa shape index (κ3) is 5.51. The third-order valence-corrected chi connectivity index (χ3v) is 2.24. The molecular formula is C14H18N2O4. The molecule has 0 aliphatic carbocycles. The van der Waals surface area contributed by atoms with Crippen molar-refractivity contribution in [2.24, 2.45) is 0 Å². The summed E-state index contributed by atoms with van der Waals surface area (Å²) >= 11 is 0. The van der Waals surface area contributed by atoms with Gasteiger partial charge in [-0.3, -0.25) is 4.79 Å².